The van der Waals surface area contributed by atoms with Crippen molar-refractivity contribution in [2.75, 3.05) is 31.6 Å². The average molecular weight is 200 g/mol. The molecule has 1 N–H and O–H groups in total. The van der Waals surface area contributed by atoms with E-state index in [1.165, 1.54) is 43.9 Å². The molecule has 2 aliphatic heterocycles. The molecule has 1 atom stereocenters. The smallest absolute Gasteiger partial charge is 0.0209 e. The fraction of sp³-hybridized carbons (Fsp3) is 1.00. The van der Waals surface area contributed by atoms with E-state index in [0.717, 1.165) is 12.1 Å². The van der Waals surface area contributed by atoms with Crippen LogP contribution in [0, 0.1) is 0 Å². The Kier molecular flexibility index (Phi) is 3.52. The summed E-state index contributed by atoms with van der Waals surface area (Å²) in [6.07, 6.45) is 4.11. The van der Waals surface area contributed by atoms with Crippen molar-refractivity contribution < 1.29 is 0 Å². The first kappa shape index (κ1) is 9.81. The lowest BCUT2D eigenvalue weighted by Gasteiger charge is -2.26. The fourth-order valence-corrected chi connectivity index (χ4v) is 3.38. The van der Waals surface area contributed by atoms with E-state index in [9.17, 15) is 0 Å². The van der Waals surface area contributed by atoms with Crippen LogP contribution in [0.15, 0.2) is 0 Å². The van der Waals surface area contributed by atoms with Crippen LogP contribution >= 0.6 is 11.8 Å². The van der Waals surface area contributed by atoms with Gasteiger partial charge in [-0.2, -0.15) is 11.8 Å². The van der Waals surface area contributed by atoms with Crippen molar-refractivity contribution in [1.82, 2.24) is 10.2 Å². The zero-order chi connectivity index (χ0) is 9.10. The zero-order valence-corrected chi connectivity index (χ0v) is 9.28. The van der Waals surface area contributed by atoms with E-state index in [1.54, 1.807) is 0 Å². The van der Waals surface area contributed by atoms with Gasteiger partial charge in [0.25, 0.3) is 0 Å². The highest BCUT2D eigenvalue weighted by Crippen LogP contribution is 2.18. The van der Waals surface area contributed by atoms with Gasteiger partial charge in [0.05, 0.1) is 0 Å². The Morgan fingerprint density at radius 1 is 1.15 bits per heavy atom. The van der Waals surface area contributed by atoms with E-state index in [2.05, 4.69) is 29.0 Å². The van der Waals surface area contributed by atoms with Gasteiger partial charge in [-0.1, -0.05) is 0 Å². The number of nitrogens with zero attached hydrogens (tertiary/aromatic N) is 1. The van der Waals surface area contributed by atoms with Crippen LogP contribution in [0.4, 0.5) is 0 Å². The second-order valence-electron chi connectivity index (χ2n) is 4.30. The van der Waals surface area contributed by atoms with E-state index in [0.29, 0.717) is 0 Å². The molecule has 13 heavy (non-hydrogen) atoms. The van der Waals surface area contributed by atoms with E-state index in [1.807, 2.05) is 0 Å². The Bertz CT molecular complexity index is 154. The Labute approximate surface area is 85.4 Å². The molecule has 0 amide bonds. The van der Waals surface area contributed by atoms with Gasteiger partial charge in [0.1, 0.15) is 0 Å². The van der Waals surface area contributed by atoms with Crippen molar-refractivity contribution in [3.63, 3.8) is 0 Å². The summed E-state index contributed by atoms with van der Waals surface area (Å²) in [5, 5.41) is 3.79. The monoisotopic (exact) mass is 200 g/mol. The number of nitrogens with one attached hydrogen (secondary N) is 1. The van der Waals surface area contributed by atoms with E-state index in [-0.39, 0.29) is 0 Å². The summed E-state index contributed by atoms with van der Waals surface area (Å²) in [4.78, 5) is 2.43. The summed E-state index contributed by atoms with van der Waals surface area (Å²) < 4.78 is 0. The first-order valence-corrected chi connectivity index (χ1v) is 6.52. The Morgan fingerprint density at radius 3 is 2.54 bits per heavy atom. The van der Waals surface area contributed by atoms with Crippen LogP contribution in [0.3, 0.4) is 0 Å². The number of hydrogen-bond donors (Lipinski definition) is 1. The van der Waals surface area contributed by atoms with Crippen LogP contribution in [0.1, 0.15) is 19.3 Å². The van der Waals surface area contributed by atoms with Crippen molar-refractivity contribution in [2.45, 2.75) is 31.3 Å². The van der Waals surface area contributed by atoms with Gasteiger partial charge < -0.3 is 10.2 Å². The highest BCUT2D eigenvalue weighted by molar-refractivity contribution is 7.99. The minimum absolute atomic E-state index is 0.776. The van der Waals surface area contributed by atoms with Gasteiger partial charge in [0.2, 0.25) is 0 Å². The van der Waals surface area contributed by atoms with Gasteiger partial charge in [0, 0.05) is 18.6 Å². The number of rotatable bonds is 2. The molecule has 2 fully saturated rings. The average Bonchev–Trinajstić information content (AvgIpc) is 2.53. The molecule has 0 spiro atoms. The van der Waals surface area contributed by atoms with Crippen molar-refractivity contribution in [3.8, 4) is 0 Å². The Hall–Kier alpha value is 0.270. The predicted molar refractivity (Wildman–Crippen MR) is 59.4 cm³/mol. The SMILES string of the molecule is CN1CCC(NC2CCSCC2)C1. The van der Waals surface area contributed by atoms with E-state index in [4.69, 9.17) is 0 Å². The minimum Gasteiger partial charge on any atom is -0.310 e. The van der Waals surface area contributed by atoms with Crippen LogP contribution in [0.2, 0.25) is 0 Å². The maximum atomic E-state index is 3.79. The Balaban J connectivity index is 1.71. The topological polar surface area (TPSA) is 15.3 Å². The Morgan fingerprint density at radius 2 is 1.92 bits per heavy atom. The molecule has 3 heteroatoms. The molecule has 0 aliphatic carbocycles. The predicted octanol–water partition coefficient (Wildman–Crippen LogP) is 1.18. The van der Waals surface area contributed by atoms with Gasteiger partial charge in [-0.15, -0.1) is 0 Å². The normalized spacial score (nSPS) is 32.5. The second kappa shape index (κ2) is 4.67. The molecule has 2 saturated heterocycles. The largest absolute Gasteiger partial charge is 0.310 e. The maximum Gasteiger partial charge on any atom is 0.0209 e. The number of hydrogen-bond acceptors (Lipinski definition) is 3. The van der Waals surface area contributed by atoms with Gasteiger partial charge in [0.15, 0.2) is 0 Å². The van der Waals surface area contributed by atoms with Crippen LogP contribution in [0.25, 0.3) is 0 Å². The summed E-state index contributed by atoms with van der Waals surface area (Å²) in [6, 6.07) is 1.59. The summed E-state index contributed by atoms with van der Waals surface area (Å²) in [5.41, 5.74) is 0. The van der Waals surface area contributed by atoms with Gasteiger partial charge in [-0.25, -0.2) is 0 Å². The third-order valence-electron chi connectivity index (χ3n) is 3.08. The third-order valence-corrected chi connectivity index (χ3v) is 4.13. The summed E-state index contributed by atoms with van der Waals surface area (Å²) in [6.45, 7) is 2.53. The van der Waals surface area contributed by atoms with Gasteiger partial charge in [-0.3, -0.25) is 0 Å². The minimum atomic E-state index is 0.776. The van der Waals surface area contributed by atoms with Crippen LogP contribution < -0.4 is 5.32 Å². The van der Waals surface area contributed by atoms with Crippen LogP contribution in [0.5, 0.6) is 0 Å². The first-order valence-electron chi connectivity index (χ1n) is 5.37. The highest BCUT2D eigenvalue weighted by Gasteiger charge is 2.23. The number of likely N-dealkylation sites (N-methyl/N-ethyl adjacent to an activating group) is 1. The van der Waals surface area contributed by atoms with Gasteiger partial charge >= 0.3 is 0 Å². The lowest BCUT2D eigenvalue weighted by molar-refractivity contribution is 0.372. The molecule has 0 saturated carbocycles. The molecule has 0 radical (unpaired) electrons. The maximum absolute atomic E-state index is 3.79. The van der Waals surface area contributed by atoms with E-state index >= 15 is 0 Å². The summed E-state index contributed by atoms with van der Waals surface area (Å²) in [7, 11) is 2.22. The molecule has 2 nitrogen and oxygen atoms in total. The van der Waals surface area contributed by atoms with Crippen LogP contribution in [-0.2, 0) is 0 Å². The van der Waals surface area contributed by atoms with Gasteiger partial charge in [-0.05, 0) is 44.4 Å². The van der Waals surface area contributed by atoms with E-state index < -0.39 is 0 Å². The van der Waals surface area contributed by atoms with Crippen molar-refractivity contribution in [3.05, 3.63) is 0 Å². The molecular weight excluding hydrogens is 180 g/mol. The lowest BCUT2D eigenvalue weighted by Crippen LogP contribution is -2.41. The molecule has 2 heterocycles. The third kappa shape index (κ3) is 2.86. The van der Waals surface area contributed by atoms with Crippen LogP contribution in [-0.4, -0.2) is 48.6 Å². The number of thioether (sulfide) groups is 1. The fourth-order valence-electron chi connectivity index (χ4n) is 2.27. The molecule has 0 aromatic carbocycles. The van der Waals surface area contributed by atoms with Crippen molar-refractivity contribution >= 4 is 11.8 Å². The van der Waals surface area contributed by atoms with Crippen molar-refractivity contribution in [1.29, 1.82) is 0 Å². The molecule has 0 aromatic heterocycles. The molecular formula is C10H20N2S. The zero-order valence-electron chi connectivity index (χ0n) is 8.46. The molecule has 2 rings (SSSR count). The quantitative estimate of drug-likeness (QED) is 0.720. The second-order valence-corrected chi connectivity index (χ2v) is 5.53. The molecule has 2 aliphatic rings. The lowest BCUT2D eigenvalue weighted by atomic mass is 10.1. The molecule has 0 aromatic rings. The summed E-state index contributed by atoms with van der Waals surface area (Å²) >= 11 is 2.11. The summed E-state index contributed by atoms with van der Waals surface area (Å²) in [5.74, 6) is 2.72. The molecule has 1 unspecified atom stereocenters. The number of likely N-dealkylation sites (tertiary alicyclic amines) is 1. The molecule has 0 bridgehead atoms. The van der Waals surface area contributed by atoms with Crippen molar-refractivity contribution in [2.24, 2.45) is 0 Å². The highest BCUT2D eigenvalue weighted by atomic mass is 32.2. The standard InChI is InChI=1S/C10H20N2S/c1-12-5-2-10(8-12)11-9-3-6-13-7-4-9/h9-11H,2-8H2,1H3. The molecule has 76 valence electrons. The first-order chi connectivity index (χ1) is 6.34.